The van der Waals surface area contributed by atoms with Crippen LogP contribution in [0.3, 0.4) is 0 Å². The maximum atomic E-state index is 10.7. The van der Waals surface area contributed by atoms with E-state index in [-0.39, 0.29) is 0 Å². The van der Waals surface area contributed by atoms with Crippen LogP contribution in [0, 0.1) is 0 Å². The van der Waals surface area contributed by atoms with Crippen LogP contribution >= 0.6 is 11.6 Å². The van der Waals surface area contributed by atoms with E-state index in [9.17, 15) is 4.79 Å². The molecule has 0 fully saturated rings. The molecule has 2 rings (SSSR count). The lowest BCUT2D eigenvalue weighted by molar-refractivity contribution is 0.112. The number of hydrogen-bond donors (Lipinski definition) is 0. The van der Waals surface area contributed by atoms with Crippen molar-refractivity contribution in [2.75, 3.05) is 6.61 Å². The summed E-state index contributed by atoms with van der Waals surface area (Å²) in [6, 6.07) is 13.1. The second-order valence-electron chi connectivity index (χ2n) is 3.78. The SMILES string of the molecule is CCOc1ccccc1-c1ccc(C=O)c(Cl)c1. The summed E-state index contributed by atoms with van der Waals surface area (Å²) in [5.74, 6) is 0.815. The number of ether oxygens (including phenoxy) is 1. The molecule has 0 spiro atoms. The minimum Gasteiger partial charge on any atom is -0.493 e. The number of benzene rings is 2. The van der Waals surface area contributed by atoms with Crippen LogP contribution in [0.4, 0.5) is 0 Å². The fraction of sp³-hybridized carbons (Fsp3) is 0.133. The molecule has 0 atom stereocenters. The number of halogens is 1. The van der Waals surface area contributed by atoms with Crippen LogP contribution in [0.2, 0.25) is 5.02 Å². The zero-order chi connectivity index (χ0) is 13.0. The quantitative estimate of drug-likeness (QED) is 0.770. The largest absolute Gasteiger partial charge is 0.493 e. The third kappa shape index (κ3) is 2.54. The Bertz CT molecular complexity index is 564. The highest BCUT2D eigenvalue weighted by molar-refractivity contribution is 6.33. The van der Waals surface area contributed by atoms with Crippen molar-refractivity contribution in [2.24, 2.45) is 0 Å². The highest BCUT2D eigenvalue weighted by atomic mass is 35.5. The molecule has 3 heteroatoms. The van der Waals surface area contributed by atoms with Gasteiger partial charge in [-0.15, -0.1) is 0 Å². The molecular formula is C15H13ClO2. The zero-order valence-corrected chi connectivity index (χ0v) is 10.8. The average Bonchev–Trinajstić information content (AvgIpc) is 2.40. The van der Waals surface area contributed by atoms with Gasteiger partial charge >= 0.3 is 0 Å². The Morgan fingerprint density at radius 1 is 1.22 bits per heavy atom. The van der Waals surface area contributed by atoms with Crippen LogP contribution in [0.5, 0.6) is 5.75 Å². The van der Waals surface area contributed by atoms with E-state index in [4.69, 9.17) is 16.3 Å². The summed E-state index contributed by atoms with van der Waals surface area (Å²) in [5.41, 5.74) is 2.41. The standard InChI is InChI=1S/C15H13ClO2/c1-2-18-15-6-4-3-5-13(15)11-7-8-12(10-17)14(16)9-11/h3-10H,2H2,1H3. The van der Waals surface area contributed by atoms with Gasteiger partial charge in [0, 0.05) is 11.1 Å². The van der Waals surface area contributed by atoms with Gasteiger partial charge in [0.25, 0.3) is 0 Å². The van der Waals surface area contributed by atoms with Gasteiger partial charge in [-0.25, -0.2) is 0 Å². The minimum absolute atomic E-state index is 0.453. The van der Waals surface area contributed by atoms with E-state index in [2.05, 4.69) is 0 Å². The normalized spacial score (nSPS) is 10.1. The number of rotatable bonds is 4. The van der Waals surface area contributed by atoms with E-state index in [0.29, 0.717) is 17.2 Å². The van der Waals surface area contributed by atoms with Crippen LogP contribution < -0.4 is 4.74 Å². The molecule has 0 saturated heterocycles. The molecule has 0 bridgehead atoms. The van der Waals surface area contributed by atoms with E-state index < -0.39 is 0 Å². The Hall–Kier alpha value is -1.80. The molecule has 0 radical (unpaired) electrons. The maximum Gasteiger partial charge on any atom is 0.151 e. The van der Waals surface area contributed by atoms with Crippen LogP contribution in [-0.2, 0) is 0 Å². The Labute approximate surface area is 111 Å². The summed E-state index contributed by atoms with van der Waals surface area (Å²) >= 11 is 6.04. The second kappa shape index (κ2) is 5.69. The Morgan fingerprint density at radius 3 is 2.67 bits per heavy atom. The molecule has 2 aromatic rings. The third-order valence-electron chi connectivity index (χ3n) is 2.63. The number of carbonyl (C=O) groups is 1. The van der Waals surface area contributed by atoms with E-state index in [1.807, 2.05) is 37.3 Å². The topological polar surface area (TPSA) is 26.3 Å². The van der Waals surface area contributed by atoms with Gasteiger partial charge in [0.05, 0.1) is 11.6 Å². The number of hydrogen-bond acceptors (Lipinski definition) is 2. The monoisotopic (exact) mass is 260 g/mol. The minimum atomic E-state index is 0.453. The van der Waals surface area contributed by atoms with Gasteiger partial charge < -0.3 is 4.74 Å². The molecule has 2 nitrogen and oxygen atoms in total. The average molecular weight is 261 g/mol. The summed E-state index contributed by atoms with van der Waals surface area (Å²) in [5, 5.41) is 0.453. The van der Waals surface area contributed by atoms with Crippen molar-refractivity contribution in [3.05, 3.63) is 53.1 Å². The maximum absolute atomic E-state index is 10.7. The van der Waals surface area contributed by atoms with E-state index in [1.165, 1.54) is 0 Å². The number of aldehydes is 1. The van der Waals surface area contributed by atoms with Gasteiger partial charge in [0.1, 0.15) is 5.75 Å². The van der Waals surface area contributed by atoms with Crippen molar-refractivity contribution < 1.29 is 9.53 Å². The predicted molar refractivity (Wildman–Crippen MR) is 73.4 cm³/mol. The summed E-state index contributed by atoms with van der Waals surface area (Å²) in [6.07, 6.45) is 0.751. The first-order valence-electron chi connectivity index (χ1n) is 5.73. The van der Waals surface area contributed by atoms with Gasteiger partial charge in [-0.2, -0.15) is 0 Å². The molecule has 0 N–H and O–H groups in total. The number of carbonyl (C=O) groups excluding carboxylic acids is 1. The highest BCUT2D eigenvalue weighted by Crippen LogP contribution is 2.32. The van der Waals surface area contributed by atoms with Crippen molar-refractivity contribution in [3.63, 3.8) is 0 Å². The molecule has 0 saturated carbocycles. The van der Waals surface area contributed by atoms with Crippen molar-refractivity contribution in [1.29, 1.82) is 0 Å². The molecular weight excluding hydrogens is 248 g/mol. The molecule has 0 heterocycles. The van der Waals surface area contributed by atoms with Gasteiger partial charge in [-0.1, -0.05) is 35.9 Å². The lowest BCUT2D eigenvalue weighted by Crippen LogP contribution is -1.94. The summed E-state index contributed by atoms with van der Waals surface area (Å²) in [4.78, 5) is 10.7. The molecule has 0 aliphatic carbocycles. The Kier molecular flexibility index (Phi) is 4.00. The zero-order valence-electron chi connectivity index (χ0n) is 10.0. The molecule has 0 aliphatic rings. The van der Waals surface area contributed by atoms with Crippen LogP contribution in [0.1, 0.15) is 17.3 Å². The molecule has 0 aromatic heterocycles. The lowest BCUT2D eigenvalue weighted by atomic mass is 10.0. The van der Waals surface area contributed by atoms with E-state index >= 15 is 0 Å². The smallest absolute Gasteiger partial charge is 0.151 e. The number of para-hydroxylation sites is 1. The molecule has 18 heavy (non-hydrogen) atoms. The van der Waals surface area contributed by atoms with Crippen molar-refractivity contribution in [3.8, 4) is 16.9 Å². The van der Waals surface area contributed by atoms with Crippen molar-refractivity contribution >= 4 is 17.9 Å². The van der Waals surface area contributed by atoms with Crippen molar-refractivity contribution in [1.82, 2.24) is 0 Å². The van der Waals surface area contributed by atoms with E-state index in [0.717, 1.165) is 23.2 Å². The first-order valence-corrected chi connectivity index (χ1v) is 6.11. The summed E-state index contributed by atoms with van der Waals surface area (Å²) in [6.45, 7) is 2.55. The lowest BCUT2D eigenvalue weighted by Gasteiger charge is -2.10. The van der Waals surface area contributed by atoms with Gasteiger partial charge in [-0.3, -0.25) is 4.79 Å². The molecule has 92 valence electrons. The summed E-state index contributed by atoms with van der Waals surface area (Å²) in [7, 11) is 0. The third-order valence-corrected chi connectivity index (χ3v) is 2.95. The van der Waals surface area contributed by atoms with Crippen LogP contribution in [0.25, 0.3) is 11.1 Å². The van der Waals surface area contributed by atoms with Gasteiger partial charge in [0.15, 0.2) is 6.29 Å². The van der Waals surface area contributed by atoms with Crippen LogP contribution in [-0.4, -0.2) is 12.9 Å². The fourth-order valence-electron chi connectivity index (χ4n) is 1.78. The van der Waals surface area contributed by atoms with Gasteiger partial charge in [-0.05, 0) is 30.7 Å². The first-order chi connectivity index (χ1) is 8.76. The Balaban J connectivity index is 2.48. The van der Waals surface area contributed by atoms with Gasteiger partial charge in [0.2, 0.25) is 0 Å². The van der Waals surface area contributed by atoms with Crippen molar-refractivity contribution in [2.45, 2.75) is 6.92 Å². The Morgan fingerprint density at radius 2 is 2.00 bits per heavy atom. The summed E-state index contributed by atoms with van der Waals surface area (Å²) < 4.78 is 5.58. The highest BCUT2D eigenvalue weighted by Gasteiger charge is 2.07. The second-order valence-corrected chi connectivity index (χ2v) is 4.19. The van der Waals surface area contributed by atoms with E-state index in [1.54, 1.807) is 12.1 Å². The molecule has 2 aromatic carbocycles. The molecule has 0 amide bonds. The van der Waals surface area contributed by atoms with Crippen LogP contribution in [0.15, 0.2) is 42.5 Å². The molecule has 0 unspecified atom stereocenters. The first kappa shape index (κ1) is 12.7. The fourth-order valence-corrected chi connectivity index (χ4v) is 2.00. The molecule has 0 aliphatic heterocycles. The predicted octanol–water partition coefficient (Wildman–Crippen LogP) is 4.22.